The van der Waals surface area contributed by atoms with Gasteiger partial charge >= 0.3 is 0 Å². The molecule has 1 atom stereocenters. The number of nitrogens with one attached hydrogen (secondary N) is 1. The van der Waals surface area contributed by atoms with E-state index in [1.807, 2.05) is 0 Å². The first-order valence-corrected chi connectivity index (χ1v) is 5.78. The molecule has 0 fully saturated rings. The number of aromatic nitrogens is 2. The highest BCUT2D eigenvalue weighted by Gasteiger charge is 2.14. The number of aliphatic hydroxyl groups is 1. The number of hydrogen-bond donors (Lipinski definition) is 3. The van der Waals surface area contributed by atoms with Crippen LogP contribution in [0.3, 0.4) is 0 Å². The van der Waals surface area contributed by atoms with Crippen molar-refractivity contribution in [2.45, 2.75) is 12.5 Å². The molecule has 0 aliphatic carbocycles. The van der Waals surface area contributed by atoms with Crippen molar-refractivity contribution >= 4 is 21.7 Å². The predicted octanol–water partition coefficient (Wildman–Crippen LogP) is 2.17. The molecular formula is C11H11BrFN3O. The molecule has 4 N–H and O–H groups in total. The van der Waals surface area contributed by atoms with Gasteiger partial charge in [0.15, 0.2) is 0 Å². The largest absolute Gasteiger partial charge is 0.388 e. The summed E-state index contributed by atoms with van der Waals surface area (Å²) >= 11 is 3.10. The minimum atomic E-state index is -0.758. The van der Waals surface area contributed by atoms with Gasteiger partial charge in [0.25, 0.3) is 0 Å². The van der Waals surface area contributed by atoms with E-state index in [9.17, 15) is 9.50 Å². The van der Waals surface area contributed by atoms with Crippen LogP contribution in [-0.4, -0.2) is 15.3 Å². The van der Waals surface area contributed by atoms with Crippen LogP contribution in [-0.2, 0) is 6.42 Å². The van der Waals surface area contributed by atoms with Crippen molar-refractivity contribution in [2.24, 2.45) is 0 Å². The minimum absolute atomic E-state index is 0.328. The van der Waals surface area contributed by atoms with E-state index in [1.54, 1.807) is 12.1 Å². The monoisotopic (exact) mass is 299 g/mol. The summed E-state index contributed by atoms with van der Waals surface area (Å²) in [6.07, 6.45) is 1.08. The Labute approximate surface area is 106 Å². The molecule has 2 aromatic rings. The summed E-state index contributed by atoms with van der Waals surface area (Å²) in [6, 6.07) is 4.61. The molecule has 1 unspecified atom stereocenters. The normalized spacial score (nSPS) is 12.6. The fourth-order valence-corrected chi connectivity index (χ4v) is 2.00. The van der Waals surface area contributed by atoms with Crippen molar-refractivity contribution in [1.29, 1.82) is 0 Å². The van der Waals surface area contributed by atoms with E-state index in [2.05, 4.69) is 26.1 Å². The van der Waals surface area contributed by atoms with Crippen LogP contribution in [0.15, 0.2) is 28.9 Å². The Hall–Kier alpha value is -1.40. The maximum atomic E-state index is 13.0. The highest BCUT2D eigenvalue weighted by molar-refractivity contribution is 9.10. The summed E-state index contributed by atoms with van der Waals surface area (Å²) in [4.78, 5) is 0. The lowest BCUT2D eigenvalue weighted by Gasteiger charge is -2.10. The zero-order valence-electron chi connectivity index (χ0n) is 8.82. The number of nitrogens with zero attached hydrogens (tertiary/aromatic N) is 1. The Bertz CT molecular complexity index is 529. The van der Waals surface area contributed by atoms with Crippen LogP contribution in [0.25, 0.3) is 0 Å². The molecule has 17 heavy (non-hydrogen) atoms. The Balaban J connectivity index is 2.16. The topological polar surface area (TPSA) is 74.9 Å². The summed E-state index contributed by atoms with van der Waals surface area (Å²) in [7, 11) is 0. The molecule has 1 aromatic heterocycles. The van der Waals surface area contributed by atoms with Gasteiger partial charge in [-0.2, -0.15) is 5.10 Å². The van der Waals surface area contributed by atoms with Crippen molar-refractivity contribution < 1.29 is 9.50 Å². The molecule has 4 nitrogen and oxygen atoms in total. The van der Waals surface area contributed by atoms with Crippen molar-refractivity contribution in [3.8, 4) is 0 Å². The van der Waals surface area contributed by atoms with Gasteiger partial charge in [0, 0.05) is 12.0 Å². The van der Waals surface area contributed by atoms with Crippen LogP contribution in [0.4, 0.5) is 10.2 Å². The molecule has 0 saturated carbocycles. The van der Waals surface area contributed by atoms with Crippen LogP contribution < -0.4 is 5.73 Å². The number of halogens is 2. The number of rotatable bonds is 3. The summed E-state index contributed by atoms with van der Waals surface area (Å²) in [5, 5.41) is 16.2. The molecule has 0 amide bonds. The number of aromatic amines is 1. The van der Waals surface area contributed by atoms with Gasteiger partial charge in [0.05, 0.1) is 16.8 Å². The van der Waals surface area contributed by atoms with Gasteiger partial charge < -0.3 is 10.8 Å². The van der Waals surface area contributed by atoms with Crippen LogP contribution in [0.1, 0.15) is 17.2 Å². The Morgan fingerprint density at radius 1 is 1.53 bits per heavy atom. The van der Waals surface area contributed by atoms with Gasteiger partial charge in [-0.05, 0) is 33.6 Å². The first kappa shape index (κ1) is 12.1. The zero-order chi connectivity index (χ0) is 12.4. The average molecular weight is 300 g/mol. The second-order valence-corrected chi connectivity index (χ2v) is 4.56. The van der Waals surface area contributed by atoms with Gasteiger partial charge in [-0.3, -0.25) is 5.10 Å². The van der Waals surface area contributed by atoms with Crippen LogP contribution in [0.5, 0.6) is 0 Å². The zero-order valence-corrected chi connectivity index (χ0v) is 10.4. The lowest BCUT2D eigenvalue weighted by molar-refractivity contribution is 0.179. The Morgan fingerprint density at radius 3 is 2.88 bits per heavy atom. The van der Waals surface area contributed by atoms with E-state index < -0.39 is 6.10 Å². The second-order valence-electron chi connectivity index (χ2n) is 3.71. The summed E-state index contributed by atoms with van der Waals surface area (Å²) in [6.45, 7) is 0. The van der Waals surface area contributed by atoms with Crippen LogP contribution >= 0.6 is 15.9 Å². The minimum Gasteiger partial charge on any atom is -0.388 e. The lowest BCUT2D eigenvalue weighted by Crippen LogP contribution is -2.04. The first-order valence-electron chi connectivity index (χ1n) is 4.98. The fourth-order valence-electron chi connectivity index (χ4n) is 1.57. The second kappa shape index (κ2) is 4.85. The van der Waals surface area contributed by atoms with Gasteiger partial charge in [-0.1, -0.05) is 6.07 Å². The third kappa shape index (κ3) is 2.65. The van der Waals surface area contributed by atoms with Crippen LogP contribution in [0.2, 0.25) is 0 Å². The molecule has 1 aromatic carbocycles. The molecular weight excluding hydrogens is 289 g/mol. The number of nitrogen functional groups attached to an aromatic ring is 1. The molecule has 1 heterocycles. The quantitative estimate of drug-likeness (QED) is 0.813. The summed E-state index contributed by atoms with van der Waals surface area (Å²) in [5.74, 6) is 0.0183. The highest BCUT2D eigenvalue weighted by atomic mass is 79.9. The number of aliphatic hydroxyl groups excluding tert-OH is 1. The van der Waals surface area contributed by atoms with Crippen molar-refractivity contribution in [2.75, 3.05) is 5.73 Å². The summed E-state index contributed by atoms with van der Waals surface area (Å²) in [5.41, 5.74) is 6.96. The van der Waals surface area contributed by atoms with Gasteiger partial charge in [-0.25, -0.2) is 4.39 Å². The molecule has 90 valence electrons. The predicted molar refractivity (Wildman–Crippen MR) is 65.8 cm³/mol. The van der Waals surface area contributed by atoms with Crippen molar-refractivity contribution in [3.63, 3.8) is 0 Å². The lowest BCUT2D eigenvalue weighted by atomic mass is 10.0. The van der Waals surface area contributed by atoms with Gasteiger partial charge in [0.1, 0.15) is 11.6 Å². The number of H-pyrrole nitrogens is 1. The van der Waals surface area contributed by atoms with Crippen molar-refractivity contribution in [1.82, 2.24) is 10.2 Å². The molecule has 0 bridgehead atoms. The molecule has 0 radical (unpaired) electrons. The molecule has 6 heteroatoms. The third-order valence-corrected chi connectivity index (χ3v) is 3.08. The van der Waals surface area contributed by atoms with Gasteiger partial charge in [0.2, 0.25) is 0 Å². The SMILES string of the molecule is Nc1[nH]ncc1C(O)Cc1ccc(F)c(Br)c1. The number of hydrogen-bond acceptors (Lipinski definition) is 3. The molecule has 0 aliphatic rings. The molecule has 0 aliphatic heterocycles. The molecule has 0 spiro atoms. The van der Waals surface area contributed by atoms with E-state index in [0.717, 1.165) is 5.56 Å². The van der Waals surface area contributed by atoms with E-state index in [4.69, 9.17) is 5.73 Å². The van der Waals surface area contributed by atoms with Crippen LogP contribution in [0, 0.1) is 5.82 Å². The Kier molecular flexibility index (Phi) is 3.44. The smallest absolute Gasteiger partial charge is 0.137 e. The maximum Gasteiger partial charge on any atom is 0.137 e. The molecule has 2 rings (SSSR count). The molecule has 0 saturated heterocycles. The number of anilines is 1. The fraction of sp³-hybridized carbons (Fsp3) is 0.182. The van der Waals surface area contributed by atoms with E-state index in [-0.39, 0.29) is 5.82 Å². The van der Waals surface area contributed by atoms with E-state index in [1.165, 1.54) is 12.3 Å². The van der Waals surface area contributed by atoms with Crippen molar-refractivity contribution in [3.05, 3.63) is 45.8 Å². The Morgan fingerprint density at radius 2 is 2.29 bits per heavy atom. The average Bonchev–Trinajstić information content (AvgIpc) is 2.70. The maximum absolute atomic E-state index is 13.0. The summed E-state index contributed by atoms with van der Waals surface area (Å²) < 4.78 is 13.4. The van der Waals surface area contributed by atoms with E-state index in [0.29, 0.717) is 22.3 Å². The number of benzene rings is 1. The number of nitrogens with two attached hydrogens (primary N) is 1. The van der Waals surface area contributed by atoms with Gasteiger partial charge in [-0.15, -0.1) is 0 Å². The first-order chi connectivity index (χ1) is 8.08. The standard InChI is InChI=1S/C11H11BrFN3O/c12-8-3-6(1-2-9(8)13)4-10(17)7-5-15-16-11(7)14/h1-3,5,10,17H,4H2,(H3,14,15,16). The third-order valence-electron chi connectivity index (χ3n) is 2.47. The highest BCUT2D eigenvalue weighted by Crippen LogP contribution is 2.24. The van der Waals surface area contributed by atoms with E-state index >= 15 is 0 Å².